The van der Waals surface area contributed by atoms with Gasteiger partial charge in [-0.05, 0) is 160 Å². The van der Waals surface area contributed by atoms with Gasteiger partial charge in [-0.25, -0.2) is 29.9 Å². The minimum Gasteiger partial charge on any atom is -0.456 e. The zero-order valence-corrected chi connectivity index (χ0v) is 72.9. The van der Waals surface area contributed by atoms with Gasteiger partial charge in [0.2, 0.25) is 0 Å². The van der Waals surface area contributed by atoms with Gasteiger partial charge in [-0.3, -0.25) is 0 Å². The summed E-state index contributed by atoms with van der Waals surface area (Å²) in [6.07, 6.45) is 0. The number of furan rings is 3. The van der Waals surface area contributed by atoms with Crippen molar-refractivity contribution in [1.82, 2.24) is 29.9 Å². The first-order chi connectivity index (χ1) is 67.0. The lowest BCUT2D eigenvalue weighted by Crippen LogP contribution is -1.97. The van der Waals surface area contributed by atoms with Gasteiger partial charge in [0.1, 0.15) is 33.5 Å². The Morgan fingerprint density at radius 2 is 0.422 bits per heavy atom. The molecule has 6 heterocycles. The SMILES string of the molecule is c1ccc(-c2nc(-c3ccccc3)c3cc(-c4ccc(-c5cccc6oc7ccccc7c56)c5ccccc45)ccc3n2)cc1.c1ccc(-c2nc3ccc(-c4ccc(-c5cccc6oc7ccccc7c56)c5ccccc45)cc3nc2-c2ccccc2)cc1.c1ccc(-c2nc3cccc(-c4ccc(-c5cccc6oc7ccccc7c56)c5ccccc45)c3nc2-c2ccccc2)cc1. The highest BCUT2D eigenvalue weighted by Crippen LogP contribution is 2.49. The van der Waals surface area contributed by atoms with Crippen LogP contribution < -0.4 is 0 Å². The van der Waals surface area contributed by atoms with Gasteiger partial charge in [0, 0.05) is 76.6 Å². The van der Waals surface area contributed by atoms with Gasteiger partial charge in [0.15, 0.2) is 5.82 Å². The Morgan fingerprint density at radius 1 is 0.133 bits per heavy atom. The van der Waals surface area contributed by atoms with Crippen LogP contribution in [-0.2, 0) is 0 Å². The van der Waals surface area contributed by atoms with Crippen molar-refractivity contribution >= 4 is 131 Å². The largest absolute Gasteiger partial charge is 0.456 e. The molecule has 6 aromatic heterocycles. The normalized spacial score (nSPS) is 11.6. The Labute approximate surface area is 776 Å². The summed E-state index contributed by atoms with van der Waals surface area (Å²) in [6, 6.07) is 165. The highest BCUT2D eigenvalue weighted by Gasteiger charge is 2.25. The third-order valence-corrected chi connectivity index (χ3v) is 26.1. The van der Waals surface area contributed by atoms with Gasteiger partial charge in [0.05, 0.1) is 56.1 Å². The van der Waals surface area contributed by atoms with E-state index in [0.717, 1.165) is 200 Å². The van der Waals surface area contributed by atoms with Crippen LogP contribution in [0.4, 0.5) is 0 Å². The van der Waals surface area contributed by atoms with Crippen molar-refractivity contribution in [2.75, 3.05) is 0 Å². The van der Waals surface area contributed by atoms with Crippen molar-refractivity contribution in [2.24, 2.45) is 0 Å². The van der Waals surface area contributed by atoms with E-state index < -0.39 is 0 Å². The maximum Gasteiger partial charge on any atom is 0.160 e. The molecule has 0 bridgehead atoms. The van der Waals surface area contributed by atoms with E-state index in [1.54, 1.807) is 0 Å². The first kappa shape index (κ1) is 79.0. The molecule has 0 saturated carbocycles. The lowest BCUT2D eigenvalue weighted by Gasteiger charge is -2.16. The maximum absolute atomic E-state index is 6.24. The van der Waals surface area contributed by atoms with Crippen LogP contribution in [0.1, 0.15) is 0 Å². The van der Waals surface area contributed by atoms with E-state index in [-0.39, 0.29) is 0 Å². The summed E-state index contributed by atoms with van der Waals surface area (Å²) >= 11 is 0. The maximum atomic E-state index is 6.24. The topological polar surface area (TPSA) is 117 Å². The molecule has 27 rings (SSSR count). The van der Waals surface area contributed by atoms with Crippen molar-refractivity contribution in [3.63, 3.8) is 0 Å². The van der Waals surface area contributed by atoms with E-state index in [1.165, 1.54) is 65.7 Å². The first-order valence-electron chi connectivity index (χ1n) is 45.5. The number of fused-ring (bicyclic) bond motifs is 15. The molecule has 0 fully saturated rings. The summed E-state index contributed by atoms with van der Waals surface area (Å²) in [5.41, 5.74) is 34.4. The molecular weight excluding hydrogens is 1650 g/mol. The van der Waals surface area contributed by atoms with E-state index in [9.17, 15) is 0 Å². The lowest BCUT2D eigenvalue weighted by atomic mass is 9.90. The second-order valence-electron chi connectivity index (χ2n) is 34.0. The zero-order chi connectivity index (χ0) is 89.2. The number of benzene rings is 21. The molecule has 0 amide bonds. The Kier molecular flexibility index (Phi) is 19.7. The van der Waals surface area contributed by atoms with Crippen LogP contribution in [0.5, 0.6) is 0 Å². The van der Waals surface area contributed by atoms with Crippen molar-refractivity contribution in [3.05, 3.63) is 473 Å². The van der Waals surface area contributed by atoms with Gasteiger partial charge in [-0.2, -0.15) is 0 Å². The van der Waals surface area contributed by atoms with Crippen molar-refractivity contribution in [1.29, 1.82) is 0 Å². The Morgan fingerprint density at radius 3 is 0.830 bits per heavy atom. The fraction of sp³-hybridized carbons (Fsp3) is 0. The third kappa shape index (κ3) is 14.2. The summed E-state index contributed by atoms with van der Waals surface area (Å²) < 4.78 is 18.7. The van der Waals surface area contributed by atoms with Crippen LogP contribution in [0.15, 0.2) is 486 Å². The average Bonchev–Trinajstić information content (AvgIpc) is 1.70. The van der Waals surface area contributed by atoms with Gasteiger partial charge < -0.3 is 13.3 Å². The fourth-order valence-electron chi connectivity index (χ4n) is 19.9. The number of rotatable bonds is 12. The number of para-hydroxylation sites is 4. The molecule has 0 radical (unpaired) electrons. The summed E-state index contributed by atoms with van der Waals surface area (Å²) in [7, 11) is 0. The van der Waals surface area contributed by atoms with Gasteiger partial charge >= 0.3 is 0 Å². The fourth-order valence-corrected chi connectivity index (χ4v) is 19.9. The van der Waals surface area contributed by atoms with E-state index in [4.69, 9.17) is 43.2 Å². The molecule has 9 heteroatoms. The second kappa shape index (κ2) is 33.7. The molecule has 0 aliphatic carbocycles. The molecule has 0 aliphatic rings. The molecule has 0 unspecified atom stereocenters. The predicted octanol–water partition coefficient (Wildman–Crippen LogP) is 34.1. The minimum absolute atomic E-state index is 0.727. The standard InChI is InChI=1S/3C42H26N2O/c1-3-13-27(14-4-1)40-41(28-15-5-2-6-16-28)44-42-34(21-11-22-36(42)43-40)32-26-25-31(29-17-7-8-18-30(29)32)33-20-12-24-38-39(33)35-19-9-10-23-37(35)45-38;1-3-12-27(13-4-1)41-36-26-29(22-25-37(36)43-42(44-41)28-14-5-2-6-15-28)30-23-24-33(32-17-8-7-16-31(30)32)34-19-11-21-39-40(34)35-18-9-10-20-38(35)45-39;1-3-12-27(13-4-1)41-42(28-14-5-2-6-15-28)44-37-26-29(22-25-36(37)43-41)30-23-24-33(32-17-8-7-16-31(30)32)34-19-11-21-39-40(34)35-18-9-10-20-38(35)45-39/h3*1-26H. The average molecular weight is 1720 g/mol. The smallest absolute Gasteiger partial charge is 0.160 e. The molecule has 135 heavy (non-hydrogen) atoms. The molecule has 21 aromatic carbocycles. The van der Waals surface area contributed by atoms with Crippen LogP contribution in [0.2, 0.25) is 0 Å². The van der Waals surface area contributed by atoms with E-state index in [1.807, 2.05) is 121 Å². The van der Waals surface area contributed by atoms with Crippen molar-refractivity contribution in [2.45, 2.75) is 0 Å². The highest BCUT2D eigenvalue weighted by molar-refractivity contribution is 6.21. The van der Waals surface area contributed by atoms with Crippen LogP contribution >= 0.6 is 0 Å². The Balaban J connectivity index is 0.000000108. The summed E-state index contributed by atoms with van der Waals surface area (Å²) in [5.74, 6) is 0.727. The van der Waals surface area contributed by atoms with E-state index >= 15 is 0 Å². The Bertz CT molecular complexity index is 9260. The van der Waals surface area contributed by atoms with Crippen LogP contribution in [0, 0.1) is 0 Å². The van der Waals surface area contributed by atoms with Gasteiger partial charge in [-0.1, -0.05) is 406 Å². The molecule has 0 saturated heterocycles. The first-order valence-corrected chi connectivity index (χ1v) is 45.5. The number of aromatic nitrogens is 6. The van der Waals surface area contributed by atoms with Crippen molar-refractivity contribution < 1.29 is 13.3 Å². The Hall–Kier alpha value is -18.2. The second-order valence-corrected chi connectivity index (χ2v) is 34.0. The quantitative estimate of drug-likeness (QED) is 0.118. The highest BCUT2D eigenvalue weighted by atomic mass is 16.3. The van der Waals surface area contributed by atoms with E-state index in [0.29, 0.717) is 0 Å². The summed E-state index contributed by atoms with van der Waals surface area (Å²) in [4.78, 5) is 31.1. The van der Waals surface area contributed by atoms with E-state index in [2.05, 4.69) is 352 Å². The summed E-state index contributed by atoms with van der Waals surface area (Å²) in [6.45, 7) is 0. The number of hydrogen-bond donors (Lipinski definition) is 0. The predicted molar refractivity (Wildman–Crippen MR) is 558 cm³/mol. The monoisotopic (exact) mass is 1720 g/mol. The molecule has 0 N–H and O–H groups in total. The van der Waals surface area contributed by atoms with Gasteiger partial charge in [-0.15, -0.1) is 0 Å². The zero-order valence-electron chi connectivity index (χ0n) is 72.9. The lowest BCUT2D eigenvalue weighted by molar-refractivity contribution is 0.668. The molecular formula is C126H78N6O3. The van der Waals surface area contributed by atoms with Crippen molar-refractivity contribution in [3.8, 4) is 134 Å². The number of nitrogens with zero attached hydrogens (tertiary/aromatic N) is 6. The molecule has 9 nitrogen and oxygen atoms in total. The number of hydrogen-bond acceptors (Lipinski definition) is 9. The van der Waals surface area contributed by atoms with Crippen LogP contribution in [0.25, 0.3) is 266 Å². The third-order valence-electron chi connectivity index (χ3n) is 26.1. The molecule has 0 aliphatic heterocycles. The summed E-state index contributed by atoms with van der Waals surface area (Å²) in [5, 5.41) is 15.0. The van der Waals surface area contributed by atoms with Crippen LogP contribution in [0.3, 0.4) is 0 Å². The molecule has 0 spiro atoms. The molecule has 0 atom stereocenters. The molecule has 27 aromatic rings. The molecule has 630 valence electrons. The minimum atomic E-state index is 0.727. The van der Waals surface area contributed by atoms with Gasteiger partial charge in [0.25, 0.3) is 0 Å². The van der Waals surface area contributed by atoms with Crippen LogP contribution in [-0.4, -0.2) is 29.9 Å².